The molecule has 0 saturated carbocycles. The Hall–Kier alpha value is -3.16. The van der Waals surface area contributed by atoms with E-state index in [0.29, 0.717) is 33.5 Å². The molecule has 0 unspecified atom stereocenters. The van der Waals surface area contributed by atoms with Crippen molar-refractivity contribution in [3.8, 4) is 10.7 Å². The number of fused-ring (bicyclic) bond motifs is 1. The van der Waals surface area contributed by atoms with Gasteiger partial charge < -0.3 is 0 Å². The second-order valence-electron chi connectivity index (χ2n) is 6.61. The zero-order chi connectivity index (χ0) is 22.3. The number of anilines is 1. The minimum Gasteiger partial charge on any atom is -0.296 e. The highest BCUT2D eigenvalue weighted by Crippen LogP contribution is 2.32. The maximum atomic E-state index is 12.9. The molecule has 4 heterocycles. The SMILES string of the molecule is C=CCn1c(-c2sc(NC(=O)c3nc(S(C)(=O)=O)n4ccccc34)nc2C)n[nH]c1=S. The predicted octanol–water partition coefficient (Wildman–Crippen LogP) is 2.86. The highest BCUT2D eigenvalue weighted by molar-refractivity contribution is 7.90. The van der Waals surface area contributed by atoms with Crippen LogP contribution in [0, 0.1) is 11.7 Å². The molecule has 0 aliphatic carbocycles. The van der Waals surface area contributed by atoms with Crippen LogP contribution in [0.3, 0.4) is 0 Å². The number of aryl methyl sites for hydroxylation is 1. The summed E-state index contributed by atoms with van der Waals surface area (Å²) in [6.07, 6.45) is 4.29. The largest absolute Gasteiger partial charge is 0.296 e. The Bertz CT molecular complexity index is 1490. The number of nitrogens with zero attached hydrogens (tertiary/aromatic N) is 5. The fraction of sp³-hybridized carbons (Fsp3) is 0.167. The van der Waals surface area contributed by atoms with Crippen molar-refractivity contribution >= 4 is 49.9 Å². The predicted molar refractivity (Wildman–Crippen MR) is 120 cm³/mol. The van der Waals surface area contributed by atoms with Crippen molar-refractivity contribution in [3.05, 3.63) is 53.2 Å². The van der Waals surface area contributed by atoms with E-state index < -0.39 is 15.7 Å². The first-order valence-electron chi connectivity index (χ1n) is 8.93. The van der Waals surface area contributed by atoms with Crippen LogP contribution in [0.1, 0.15) is 16.2 Å². The molecular weight excluding hydrogens is 458 g/mol. The number of nitrogens with one attached hydrogen (secondary N) is 2. The molecule has 0 aliphatic heterocycles. The van der Waals surface area contributed by atoms with E-state index in [-0.39, 0.29) is 10.9 Å². The molecule has 0 radical (unpaired) electrons. The molecule has 0 aromatic carbocycles. The first-order chi connectivity index (χ1) is 14.7. The molecule has 4 aromatic heterocycles. The Balaban J connectivity index is 1.71. The second kappa shape index (κ2) is 7.83. The lowest BCUT2D eigenvalue weighted by molar-refractivity contribution is 0.102. The lowest BCUT2D eigenvalue weighted by Gasteiger charge is -2.01. The third kappa shape index (κ3) is 3.82. The minimum absolute atomic E-state index is 0.00948. The number of imidazole rings is 1. The molecule has 4 aromatic rings. The number of allylic oxidation sites excluding steroid dienone is 1. The first-order valence-corrected chi connectivity index (χ1v) is 12.0. The van der Waals surface area contributed by atoms with E-state index >= 15 is 0 Å². The number of hydrogen-bond acceptors (Lipinski definition) is 8. The summed E-state index contributed by atoms with van der Waals surface area (Å²) in [5.74, 6) is 0.0241. The lowest BCUT2D eigenvalue weighted by atomic mass is 10.3. The van der Waals surface area contributed by atoms with E-state index in [1.54, 1.807) is 42.0 Å². The number of aromatic amines is 1. The smallest absolute Gasteiger partial charge is 0.278 e. The van der Waals surface area contributed by atoms with Crippen molar-refractivity contribution in [2.45, 2.75) is 18.6 Å². The number of carbonyl (C=O) groups excluding carboxylic acids is 1. The first kappa shape index (κ1) is 21.1. The van der Waals surface area contributed by atoms with Crippen molar-refractivity contribution in [3.63, 3.8) is 0 Å². The van der Waals surface area contributed by atoms with Crippen LogP contribution < -0.4 is 5.32 Å². The minimum atomic E-state index is -3.64. The average molecular weight is 476 g/mol. The zero-order valence-corrected chi connectivity index (χ0v) is 18.9. The summed E-state index contributed by atoms with van der Waals surface area (Å²) in [7, 11) is -3.64. The summed E-state index contributed by atoms with van der Waals surface area (Å²) in [6, 6.07) is 4.99. The van der Waals surface area contributed by atoms with Gasteiger partial charge in [0.1, 0.15) is 0 Å². The lowest BCUT2D eigenvalue weighted by Crippen LogP contribution is -2.13. The van der Waals surface area contributed by atoms with Crippen molar-refractivity contribution in [2.24, 2.45) is 0 Å². The maximum absolute atomic E-state index is 12.9. The van der Waals surface area contributed by atoms with Gasteiger partial charge in [0.15, 0.2) is 21.4 Å². The molecule has 4 rings (SSSR count). The summed E-state index contributed by atoms with van der Waals surface area (Å²) < 4.78 is 27.8. The fourth-order valence-electron chi connectivity index (χ4n) is 3.04. The average Bonchev–Trinajstić information content (AvgIpc) is 3.37. The molecule has 160 valence electrons. The molecular formula is C18H17N7O3S3. The molecule has 13 heteroatoms. The van der Waals surface area contributed by atoms with Gasteiger partial charge in [-0.25, -0.2) is 18.4 Å². The van der Waals surface area contributed by atoms with Crippen LogP contribution in [0.25, 0.3) is 16.2 Å². The van der Waals surface area contributed by atoms with Crippen molar-refractivity contribution in [1.82, 2.24) is 29.1 Å². The van der Waals surface area contributed by atoms with Gasteiger partial charge in [-0.15, -0.1) is 6.58 Å². The number of aromatic nitrogens is 6. The van der Waals surface area contributed by atoms with Crippen LogP contribution in [-0.4, -0.2) is 49.7 Å². The van der Waals surface area contributed by atoms with Gasteiger partial charge in [-0.3, -0.25) is 24.2 Å². The molecule has 10 nitrogen and oxygen atoms in total. The second-order valence-corrected chi connectivity index (χ2v) is 9.91. The van der Waals surface area contributed by atoms with E-state index in [0.717, 1.165) is 11.1 Å². The molecule has 0 aliphatic rings. The van der Waals surface area contributed by atoms with E-state index in [9.17, 15) is 13.2 Å². The topological polar surface area (TPSA) is 127 Å². The molecule has 0 spiro atoms. The van der Waals surface area contributed by atoms with Crippen molar-refractivity contribution < 1.29 is 13.2 Å². The number of pyridine rings is 1. The normalized spacial score (nSPS) is 11.7. The molecule has 0 atom stereocenters. The van der Waals surface area contributed by atoms with Gasteiger partial charge >= 0.3 is 0 Å². The quantitative estimate of drug-likeness (QED) is 0.324. The Kier molecular flexibility index (Phi) is 5.33. The van der Waals surface area contributed by atoms with Crippen LogP contribution in [0.15, 0.2) is 42.2 Å². The molecule has 2 N–H and O–H groups in total. The third-order valence-electron chi connectivity index (χ3n) is 4.35. The van der Waals surface area contributed by atoms with E-state index in [4.69, 9.17) is 12.2 Å². The van der Waals surface area contributed by atoms with Gasteiger partial charge in [-0.2, -0.15) is 5.10 Å². The van der Waals surface area contributed by atoms with Crippen LogP contribution in [0.2, 0.25) is 0 Å². The summed E-state index contributed by atoms with van der Waals surface area (Å²) >= 11 is 6.48. The van der Waals surface area contributed by atoms with Crippen LogP contribution >= 0.6 is 23.6 Å². The van der Waals surface area contributed by atoms with Crippen LogP contribution in [-0.2, 0) is 16.4 Å². The third-order valence-corrected chi connectivity index (χ3v) is 6.68. The number of rotatable bonds is 6. The number of H-pyrrole nitrogens is 1. The van der Waals surface area contributed by atoms with Gasteiger partial charge in [0.25, 0.3) is 5.91 Å². The molecule has 0 fully saturated rings. The maximum Gasteiger partial charge on any atom is 0.278 e. The number of sulfone groups is 1. The van der Waals surface area contributed by atoms with Gasteiger partial charge in [0.05, 0.1) is 16.1 Å². The summed E-state index contributed by atoms with van der Waals surface area (Å²) in [5.41, 5.74) is 1.02. The summed E-state index contributed by atoms with van der Waals surface area (Å²) in [4.78, 5) is 22.1. The number of carbonyl (C=O) groups is 1. The zero-order valence-electron chi connectivity index (χ0n) is 16.5. The fourth-order valence-corrected chi connectivity index (χ4v) is 4.98. The Morgan fingerprint density at radius 3 is 2.87 bits per heavy atom. The van der Waals surface area contributed by atoms with E-state index in [1.807, 2.05) is 0 Å². The van der Waals surface area contributed by atoms with Crippen LogP contribution in [0.5, 0.6) is 0 Å². The summed E-state index contributed by atoms with van der Waals surface area (Å²) in [5, 5.41) is 9.84. The molecule has 31 heavy (non-hydrogen) atoms. The van der Waals surface area contributed by atoms with Crippen LogP contribution in [0.4, 0.5) is 5.13 Å². The van der Waals surface area contributed by atoms with Gasteiger partial charge in [-0.05, 0) is 31.3 Å². The standard InChI is InChI=1S/C18H17N7O3S3/c1-4-8-25-14(22-23-17(25)29)13-10(2)19-16(30-13)21-15(26)12-11-7-5-6-9-24(11)18(20-12)31(3,27)28/h4-7,9H,1,8H2,2-3H3,(H,23,29)(H,19,21,26). The van der Waals surface area contributed by atoms with Crippen molar-refractivity contribution in [1.29, 1.82) is 0 Å². The monoisotopic (exact) mass is 475 g/mol. The number of thiazole rings is 1. The molecule has 0 bridgehead atoms. The number of hydrogen-bond donors (Lipinski definition) is 2. The highest BCUT2D eigenvalue weighted by atomic mass is 32.2. The Labute approximate surface area is 186 Å². The highest BCUT2D eigenvalue weighted by Gasteiger charge is 2.24. The van der Waals surface area contributed by atoms with E-state index in [2.05, 4.69) is 32.1 Å². The van der Waals surface area contributed by atoms with Gasteiger partial charge in [0.2, 0.25) is 15.0 Å². The van der Waals surface area contributed by atoms with E-state index in [1.165, 1.54) is 15.7 Å². The Morgan fingerprint density at radius 2 is 2.16 bits per heavy atom. The number of amides is 1. The van der Waals surface area contributed by atoms with Gasteiger partial charge in [0, 0.05) is 19.0 Å². The van der Waals surface area contributed by atoms with Crippen molar-refractivity contribution in [2.75, 3.05) is 11.6 Å². The Morgan fingerprint density at radius 1 is 1.39 bits per heavy atom. The van der Waals surface area contributed by atoms with Gasteiger partial charge in [-0.1, -0.05) is 23.5 Å². The molecule has 1 amide bonds. The summed E-state index contributed by atoms with van der Waals surface area (Å²) in [6.45, 7) is 5.99. The molecule has 0 saturated heterocycles.